The van der Waals surface area contributed by atoms with E-state index in [1.807, 2.05) is 24.3 Å². The van der Waals surface area contributed by atoms with Gasteiger partial charge < -0.3 is 10.1 Å². The van der Waals surface area contributed by atoms with Gasteiger partial charge in [0.2, 0.25) is 5.91 Å². The molecule has 1 amide bonds. The van der Waals surface area contributed by atoms with Gasteiger partial charge in [0.1, 0.15) is 5.75 Å². The first-order valence-corrected chi connectivity index (χ1v) is 4.81. The van der Waals surface area contributed by atoms with E-state index in [0.717, 1.165) is 0 Å². The van der Waals surface area contributed by atoms with Gasteiger partial charge in [0.25, 0.3) is 0 Å². The van der Waals surface area contributed by atoms with Crippen LogP contribution in [0.1, 0.15) is 12.8 Å². The fourth-order valence-corrected chi connectivity index (χ4v) is 1.19. The second-order valence-electron chi connectivity index (χ2n) is 3.08. The van der Waals surface area contributed by atoms with Crippen molar-refractivity contribution in [2.75, 3.05) is 12.4 Å². The van der Waals surface area contributed by atoms with Crippen LogP contribution < -0.4 is 10.1 Å². The second kappa shape index (κ2) is 5.86. The topological polar surface area (TPSA) is 38.3 Å². The summed E-state index contributed by atoms with van der Waals surface area (Å²) < 4.78 is 5.12. The Labute approximate surface area is 89.8 Å². The Hall–Kier alpha value is -1.77. The van der Waals surface area contributed by atoms with E-state index in [1.165, 1.54) is 0 Å². The van der Waals surface area contributed by atoms with Crippen LogP contribution >= 0.6 is 0 Å². The first kappa shape index (κ1) is 11.3. The van der Waals surface area contributed by atoms with Crippen molar-refractivity contribution in [3.8, 4) is 5.75 Å². The third-order valence-electron chi connectivity index (χ3n) is 1.96. The van der Waals surface area contributed by atoms with Crippen LogP contribution in [0.5, 0.6) is 5.75 Å². The standard InChI is InChI=1S/C12H15NO2/c1-3-4-9-12(14)13-10-7-5-6-8-11(10)15-2/h3,5-8H,1,4,9H2,2H3,(H,13,14). The lowest BCUT2D eigenvalue weighted by Gasteiger charge is -2.08. The molecule has 0 fully saturated rings. The monoisotopic (exact) mass is 205 g/mol. The molecule has 0 saturated heterocycles. The summed E-state index contributed by atoms with van der Waals surface area (Å²) in [5, 5.41) is 2.78. The normalized spacial score (nSPS) is 9.40. The van der Waals surface area contributed by atoms with Crippen LogP contribution in [0.15, 0.2) is 36.9 Å². The Morgan fingerprint density at radius 1 is 1.53 bits per heavy atom. The van der Waals surface area contributed by atoms with Crippen molar-refractivity contribution >= 4 is 11.6 Å². The number of anilines is 1. The lowest BCUT2D eigenvalue weighted by atomic mass is 10.2. The molecule has 1 rings (SSSR count). The highest BCUT2D eigenvalue weighted by atomic mass is 16.5. The van der Waals surface area contributed by atoms with Crippen molar-refractivity contribution in [2.45, 2.75) is 12.8 Å². The third kappa shape index (κ3) is 3.46. The Morgan fingerprint density at radius 2 is 2.27 bits per heavy atom. The van der Waals surface area contributed by atoms with E-state index < -0.39 is 0 Å². The van der Waals surface area contributed by atoms with Crippen LogP contribution in [0.3, 0.4) is 0 Å². The molecule has 1 aromatic carbocycles. The molecule has 80 valence electrons. The van der Waals surface area contributed by atoms with Crippen molar-refractivity contribution in [2.24, 2.45) is 0 Å². The zero-order valence-corrected chi connectivity index (χ0v) is 8.82. The smallest absolute Gasteiger partial charge is 0.224 e. The maximum Gasteiger partial charge on any atom is 0.224 e. The minimum atomic E-state index is -0.0283. The molecule has 15 heavy (non-hydrogen) atoms. The van der Waals surface area contributed by atoms with Gasteiger partial charge >= 0.3 is 0 Å². The zero-order chi connectivity index (χ0) is 11.1. The van der Waals surface area contributed by atoms with Crippen molar-refractivity contribution in [1.82, 2.24) is 0 Å². The minimum absolute atomic E-state index is 0.0283. The van der Waals surface area contributed by atoms with Gasteiger partial charge in [-0.05, 0) is 18.6 Å². The molecule has 3 nitrogen and oxygen atoms in total. The first-order chi connectivity index (χ1) is 7.27. The van der Waals surface area contributed by atoms with Gasteiger partial charge in [0.05, 0.1) is 12.8 Å². The predicted molar refractivity (Wildman–Crippen MR) is 61.1 cm³/mol. The average Bonchev–Trinajstić information content (AvgIpc) is 2.27. The zero-order valence-electron chi connectivity index (χ0n) is 8.82. The summed E-state index contributed by atoms with van der Waals surface area (Å²) in [5.74, 6) is 0.642. The number of benzene rings is 1. The van der Waals surface area contributed by atoms with Crippen molar-refractivity contribution in [1.29, 1.82) is 0 Å². The van der Waals surface area contributed by atoms with E-state index in [1.54, 1.807) is 13.2 Å². The molecule has 0 aliphatic rings. The van der Waals surface area contributed by atoms with E-state index in [4.69, 9.17) is 4.74 Å². The van der Waals surface area contributed by atoms with Gasteiger partial charge in [-0.1, -0.05) is 18.2 Å². The summed E-state index contributed by atoms with van der Waals surface area (Å²) in [6.45, 7) is 3.57. The fraction of sp³-hybridized carbons (Fsp3) is 0.250. The van der Waals surface area contributed by atoms with E-state index >= 15 is 0 Å². The number of para-hydroxylation sites is 2. The Balaban J connectivity index is 2.63. The second-order valence-corrected chi connectivity index (χ2v) is 3.08. The average molecular weight is 205 g/mol. The highest BCUT2D eigenvalue weighted by Crippen LogP contribution is 2.23. The quantitative estimate of drug-likeness (QED) is 0.750. The first-order valence-electron chi connectivity index (χ1n) is 4.81. The van der Waals surface area contributed by atoms with Gasteiger partial charge in [0, 0.05) is 6.42 Å². The molecule has 3 heteroatoms. The molecule has 0 heterocycles. The molecular formula is C12H15NO2. The maximum atomic E-state index is 11.4. The molecule has 0 unspecified atom stereocenters. The highest BCUT2D eigenvalue weighted by Gasteiger charge is 2.05. The Kier molecular flexibility index (Phi) is 4.41. The molecule has 1 aromatic rings. The fourth-order valence-electron chi connectivity index (χ4n) is 1.19. The number of carbonyl (C=O) groups is 1. The lowest BCUT2D eigenvalue weighted by molar-refractivity contribution is -0.116. The minimum Gasteiger partial charge on any atom is -0.495 e. The summed E-state index contributed by atoms with van der Waals surface area (Å²) in [5.41, 5.74) is 0.703. The molecule has 0 atom stereocenters. The molecule has 1 N–H and O–H groups in total. The number of amides is 1. The van der Waals surface area contributed by atoms with Crippen molar-refractivity contribution < 1.29 is 9.53 Å². The Morgan fingerprint density at radius 3 is 2.93 bits per heavy atom. The number of nitrogens with one attached hydrogen (secondary N) is 1. The number of ether oxygens (including phenoxy) is 1. The van der Waals surface area contributed by atoms with Gasteiger partial charge in [-0.15, -0.1) is 6.58 Å². The molecule has 0 aliphatic heterocycles. The largest absolute Gasteiger partial charge is 0.495 e. The number of methoxy groups -OCH3 is 1. The summed E-state index contributed by atoms with van der Waals surface area (Å²) in [7, 11) is 1.58. The Bertz CT molecular complexity index is 347. The van der Waals surface area contributed by atoms with E-state index in [-0.39, 0.29) is 5.91 Å². The van der Waals surface area contributed by atoms with Crippen LogP contribution in [0.4, 0.5) is 5.69 Å². The lowest BCUT2D eigenvalue weighted by Crippen LogP contribution is -2.11. The molecule has 0 aliphatic carbocycles. The van der Waals surface area contributed by atoms with Crippen LogP contribution in [0, 0.1) is 0 Å². The van der Waals surface area contributed by atoms with Crippen molar-refractivity contribution in [3.05, 3.63) is 36.9 Å². The molecular weight excluding hydrogens is 190 g/mol. The van der Waals surface area contributed by atoms with E-state index in [0.29, 0.717) is 24.3 Å². The van der Waals surface area contributed by atoms with Gasteiger partial charge in [-0.3, -0.25) is 4.79 Å². The number of rotatable bonds is 5. The molecule has 0 bridgehead atoms. The summed E-state index contributed by atoms with van der Waals surface area (Å²) in [4.78, 5) is 11.4. The molecule has 0 radical (unpaired) electrons. The summed E-state index contributed by atoms with van der Waals surface area (Å²) in [6, 6.07) is 7.33. The van der Waals surface area contributed by atoms with Gasteiger partial charge in [-0.2, -0.15) is 0 Å². The van der Waals surface area contributed by atoms with E-state index in [9.17, 15) is 4.79 Å². The molecule has 0 aromatic heterocycles. The summed E-state index contributed by atoms with van der Waals surface area (Å²) in [6.07, 6.45) is 2.85. The maximum absolute atomic E-state index is 11.4. The van der Waals surface area contributed by atoms with Crippen LogP contribution in [0.2, 0.25) is 0 Å². The number of carbonyl (C=O) groups excluding carboxylic acids is 1. The van der Waals surface area contributed by atoms with Crippen molar-refractivity contribution in [3.63, 3.8) is 0 Å². The van der Waals surface area contributed by atoms with Crippen LogP contribution in [-0.2, 0) is 4.79 Å². The van der Waals surface area contributed by atoms with Gasteiger partial charge in [0.15, 0.2) is 0 Å². The number of hydrogen-bond donors (Lipinski definition) is 1. The SMILES string of the molecule is C=CCCC(=O)Nc1ccccc1OC. The van der Waals surface area contributed by atoms with Crippen LogP contribution in [0.25, 0.3) is 0 Å². The third-order valence-corrected chi connectivity index (χ3v) is 1.96. The summed E-state index contributed by atoms with van der Waals surface area (Å²) >= 11 is 0. The predicted octanol–water partition coefficient (Wildman–Crippen LogP) is 2.60. The highest BCUT2D eigenvalue weighted by molar-refractivity contribution is 5.92. The van der Waals surface area contributed by atoms with E-state index in [2.05, 4.69) is 11.9 Å². The van der Waals surface area contributed by atoms with Crippen LogP contribution in [-0.4, -0.2) is 13.0 Å². The number of hydrogen-bond acceptors (Lipinski definition) is 2. The molecule has 0 spiro atoms. The number of allylic oxidation sites excluding steroid dienone is 1. The molecule has 0 saturated carbocycles. The van der Waals surface area contributed by atoms with Gasteiger partial charge in [-0.25, -0.2) is 0 Å².